The van der Waals surface area contributed by atoms with Gasteiger partial charge in [-0.2, -0.15) is 4.98 Å². The van der Waals surface area contributed by atoms with Crippen molar-refractivity contribution in [2.75, 3.05) is 11.4 Å². The van der Waals surface area contributed by atoms with E-state index in [-0.39, 0.29) is 11.2 Å². The van der Waals surface area contributed by atoms with Crippen LogP contribution in [0.4, 0.5) is 11.6 Å². The van der Waals surface area contributed by atoms with Crippen LogP contribution in [0.2, 0.25) is 0 Å². The van der Waals surface area contributed by atoms with Crippen molar-refractivity contribution in [2.45, 2.75) is 40.3 Å². The number of hydrogen-bond acceptors (Lipinski definition) is 4. The summed E-state index contributed by atoms with van der Waals surface area (Å²) in [7, 11) is 1.69. The van der Waals surface area contributed by atoms with Crippen LogP contribution in [0, 0.1) is 12.8 Å². The third-order valence-corrected chi connectivity index (χ3v) is 5.24. The highest BCUT2D eigenvalue weighted by Gasteiger charge is 2.29. The summed E-state index contributed by atoms with van der Waals surface area (Å²) in [5.41, 5.74) is 2.67. The van der Waals surface area contributed by atoms with Gasteiger partial charge in [-0.05, 0) is 31.4 Å². The fourth-order valence-corrected chi connectivity index (χ4v) is 3.87. The SMILES string of the molecule is CCCn1c(=O)c2c(nc3n2C[C@@H](C)CN3c2ccc(C)cc2)n(C)c1=O. The molecule has 0 radical (unpaired) electrons. The molecule has 3 heterocycles. The van der Waals surface area contributed by atoms with Crippen molar-refractivity contribution in [1.82, 2.24) is 18.7 Å². The van der Waals surface area contributed by atoms with E-state index in [2.05, 4.69) is 43.0 Å². The zero-order valence-corrected chi connectivity index (χ0v) is 16.3. The number of anilines is 2. The normalized spacial score (nSPS) is 16.7. The van der Waals surface area contributed by atoms with Crippen molar-refractivity contribution in [2.24, 2.45) is 13.0 Å². The number of benzene rings is 1. The van der Waals surface area contributed by atoms with Crippen LogP contribution in [-0.2, 0) is 20.1 Å². The molecule has 0 unspecified atom stereocenters. The first-order valence-electron chi connectivity index (χ1n) is 9.46. The van der Waals surface area contributed by atoms with E-state index < -0.39 is 0 Å². The van der Waals surface area contributed by atoms with Gasteiger partial charge in [0, 0.05) is 32.4 Å². The molecule has 0 saturated heterocycles. The summed E-state index contributed by atoms with van der Waals surface area (Å²) in [5.74, 6) is 1.08. The van der Waals surface area contributed by atoms with Crippen molar-refractivity contribution in [3.8, 4) is 0 Å². The maximum Gasteiger partial charge on any atom is 0.332 e. The predicted octanol–water partition coefficient (Wildman–Crippen LogP) is 2.40. The molecular weight excluding hydrogens is 342 g/mol. The summed E-state index contributed by atoms with van der Waals surface area (Å²) in [6.45, 7) is 8.14. The Labute approximate surface area is 157 Å². The lowest BCUT2D eigenvalue weighted by molar-refractivity contribution is 0.457. The molecule has 27 heavy (non-hydrogen) atoms. The number of rotatable bonds is 3. The highest BCUT2D eigenvalue weighted by atomic mass is 16.2. The second-order valence-electron chi connectivity index (χ2n) is 7.54. The molecule has 2 aromatic heterocycles. The molecule has 7 nitrogen and oxygen atoms in total. The fourth-order valence-electron chi connectivity index (χ4n) is 3.87. The topological polar surface area (TPSA) is 65.1 Å². The number of nitrogens with zero attached hydrogens (tertiary/aromatic N) is 5. The Balaban J connectivity index is 2.00. The molecule has 0 aliphatic carbocycles. The molecular formula is C20H25N5O2. The number of hydrogen-bond donors (Lipinski definition) is 0. The number of fused-ring (bicyclic) bond motifs is 3. The maximum atomic E-state index is 13.1. The van der Waals surface area contributed by atoms with Gasteiger partial charge in [0.15, 0.2) is 11.2 Å². The minimum atomic E-state index is -0.306. The Morgan fingerprint density at radius 2 is 1.85 bits per heavy atom. The molecule has 0 bridgehead atoms. The summed E-state index contributed by atoms with van der Waals surface area (Å²) < 4.78 is 4.81. The highest BCUT2D eigenvalue weighted by molar-refractivity contribution is 5.77. The monoisotopic (exact) mass is 367 g/mol. The molecule has 1 aromatic carbocycles. The molecule has 1 aliphatic rings. The summed E-state index contributed by atoms with van der Waals surface area (Å²) in [4.78, 5) is 32.6. The zero-order valence-electron chi connectivity index (χ0n) is 16.3. The Kier molecular flexibility index (Phi) is 4.17. The van der Waals surface area contributed by atoms with Crippen LogP contribution in [0.15, 0.2) is 33.9 Å². The van der Waals surface area contributed by atoms with Gasteiger partial charge in [0.25, 0.3) is 5.56 Å². The molecule has 4 rings (SSSR count). The Morgan fingerprint density at radius 3 is 2.52 bits per heavy atom. The third-order valence-electron chi connectivity index (χ3n) is 5.24. The van der Waals surface area contributed by atoms with Crippen LogP contribution >= 0.6 is 0 Å². The van der Waals surface area contributed by atoms with E-state index in [1.807, 2.05) is 11.5 Å². The average Bonchev–Trinajstić information content (AvgIpc) is 3.03. The first-order chi connectivity index (χ1) is 12.9. The van der Waals surface area contributed by atoms with Gasteiger partial charge < -0.3 is 9.47 Å². The first-order valence-corrected chi connectivity index (χ1v) is 9.46. The Bertz CT molecular complexity index is 1120. The van der Waals surface area contributed by atoms with Crippen LogP contribution in [0.5, 0.6) is 0 Å². The van der Waals surface area contributed by atoms with Gasteiger partial charge >= 0.3 is 5.69 Å². The maximum absolute atomic E-state index is 13.1. The van der Waals surface area contributed by atoms with Gasteiger partial charge in [0.05, 0.1) is 0 Å². The molecule has 3 aromatic rings. The smallest absolute Gasteiger partial charge is 0.312 e. The van der Waals surface area contributed by atoms with Gasteiger partial charge in [-0.15, -0.1) is 0 Å². The number of aryl methyl sites for hydroxylation is 2. The molecule has 142 valence electrons. The lowest BCUT2D eigenvalue weighted by atomic mass is 10.1. The molecule has 1 atom stereocenters. The highest BCUT2D eigenvalue weighted by Crippen LogP contribution is 2.32. The minimum absolute atomic E-state index is 0.244. The Morgan fingerprint density at radius 1 is 1.15 bits per heavy atom. The quantitative estimate of drug-likeness (QED) is 0.713. The van der Waals surface area contributed by atoms with Crippen molar-refractivity contribution >= 4 is 22.8 Å². The number of aromatic nitrogens is 4. The van der Waals surface area contributed by atoms with E-state index >= 15 is 0 Å². The van der Waals surface area contributed by atoms with Crippen molar-refractivity contribution in [1.29, 1.82) is 0 Å². The molecule has 0 amide bonds. The van der Waals surface area contributed by atoms with Gasteiger partial charge in [0.1, 0.15) is 0 Å². The van der Waals surface area contributed by atoms with Crippen molar-refractivity contribution in [3.63, 3.8) is 0 Å². The minimum Gasteiger partial charge on any atom is -0.312 e. The van der Waals surface area contributed by atoms with Crippen LogP contribution in [0.3, 0.4) is 0 Å². The van der Waals surface area contributed by atoms with Crippen LogP contribution < -0.4 is 16.1 Å². The molecule has 0 fully saturated rings. The standard InChI is InChI=1S/C20H25N5O2/c1-5-10-23-18(26)16-17(22(4)20(23)27)21-19-24(11-14(3)12-25(16)19)15-8-6-13(2)7-9-15/h6-9,14H,5,10-12H2,1-4H3/t14-/m0/s1. The van der Waals surface area contributed by atoms with E-state index in [1.165, 1.54) is 14.7 Å². The van der Waals surface area contributed by atoms with Gasteiger partial charge in [-0.3, -0.25) is 13.9 Å². The first kappa shape index (κ1) is 17.6. The fraction of sp³-hybridized carbons (Fsp3) is 0.450. The van der Waals surface area contributed by atoms with Gasteiger partial charge in [-0.1, -0.05) is 31.5 Å². The predicted molar refractivity (Wildman–Crippen MR) is 107 cm³/mol. The van der Waals surface area contributed by atoms with Crippen LogP contribution in [-0.4, -0.2) is 25.2 Å². The summed E-state index contributed by atoms with van der Waals surface area (Å²) >= 11 is 0. The van der Waals surface area contributed by atoms with Gasteiger partial charge in [0.2, 0.25) is 5.95 Å². The van der Waals surface area contributed by atoms with E-state index in [1.54, 1.807) is 7.05 Å². The lowest BCUT2D eigenvalue weighted by Crippen LogP contribution is -2.40. The van der Waals surface area contributed by atoms with E-state index in [0.29, 0.717) is 30.2 Å². The molecule has 1 aliphatic heterocycles. The van der Waals surface area contributed by atoms with E-state index in [4.69, 9.17) is 4.98 Å². The third kappa shape index (κ3) is 2.69. The summed E-state index contributed by atoms with van der Waals surface area (Å²) in [6, 6.07) is 8.30. The lowest BCUT2D eigenvalue weighted by Gasteiger charge is -2.33. The second kappa shape index (κ2) is 6.40. The average molecular weight is 367 g/mol. The molecule has 7 heteroatoms. The number of imidazole rings is 1. The van der Waals surface area contributed by atoms with E-state index in [0.717, 1.165) is 24.6 Å². The molecule has 0 saturated carbocycles. The summed E-state index contributed by atoms with van der Waals surface area (Å²) in [5, 5.41) is 0. The van der Waals surface area contributed by atoms with Crippen molar-refractivity contribution < 1.29 is 0 Å². The second-order valence-corrected chi connectivity index (χ2v) is 7.54. The van der Waals surface area contributed by atoms with Crippen LogP contribution in [0.25, 0.3) is 11.2 Å². The molecule has 0 N–H and O–H groups in total. The van der Waals surface area contributed by atoms with Crippen LogP contribution in [0.1, 0.15) is 25.8 Å². The molecule has 0 spiro atoms. The van der Waals surface area contributed by atoms with Crippen molar-refractivity contribution in [3.05, 3.63) is 50.7 Å². The largest absolute Gasteiger partial charge is 0.332 e. The van der Waals surface area contributed by atoms with Gasteiger partial charge in [-0.25, -0.2) is 4.79 Å². The Hall–Kier alpha value is -2.83. The van der Waals surface area contributed by atoms with E-state index in [9.17, 15) is 9.59 Å². The summed E-state index contributed by atoms with van der Waals surface area (Å²) in [6.07, 6.45) is 0.730. The zero-order chi connectivity index (χ0) is 19.3.